The van der Waals surface area contributed by atoms with Crippen molar-refractivity contribution in [1.82, 2.24) is 0 Å². The fourth-order valence-corrected chi connectivity index (χ4v) is 3.71. The molecular formula is C13H23BrO. The largest absolute Gasteiger partial charge is 0.374 e. The smallest absolute Gasteiger partial charge is 0.0779 e. The highest BCUT2D eigenvalue weighted by atomic mass is 79.9. The lowest BCUT2D eigenvalue weighted by atomic mass is 9.86. The number of rotatable bonds is 4. The summed E-state index contributed by atoms with van der Waals surface area (Å²) in [6.45, 7) is 1.02. The predicted octanol–water partition coefficient (Wildman–Crippen LogP) is 4.29. The second kappa shape index (κ2) is 5.67. The van der Waals surface area contributed by atoms with Gasteiger partial charge in [0.2, 0.25) is 0 Å². The van der Waals surface area contributed by atoms with Crippen molar-refractivity contribution in [2.75, 3.05) is 11.9 Å². The van der Waals surface area contributed by atoms with Gasteiger partial charge < -0.3 is 4.74 Å². The van der Waals surface area contributed by atoms with Gasteiger partial charge in [-0.15, -0.1) is 0 Å². The Morgan fingerprint density at radius 3 is 2.27 bits per heavy atom. The summed E-state index contributed by atoms with van der Waals surface area (Å²) in [4.78, 5) is 0. The predicted molar refractivity (Wildman–Crippen MR) is 67.5 cm³/mol. The molecule has 0 amide bonds. The first-order valence-corrected chi connectivity index (χ1v) is 7.67. The summed E-state index contributed by atoms with van der Waals surface area (Å²) in [5.41, 5.74) is 0.195. The van der Waals surface area contributed by atoms with Crippen molar-refractivity contribution in [3.8, 4) is 0 Å². The molecule has 0 N–H and O–H groups in total. The third-order valence-electron chi connectivity index (χ3n) is 4.11. The van der Waals surface area contributed by atoms with Crippen LogP contribution in [0.1, 0.15) is 57.8 Å². The van der Waals surface area contributed by atoms with Crippen molar-refractivity contribution >= 4 is 15.9 Å². The second-order valence-electron chi connectivity index (χ2n) is 5.34. The van der Waals surface area contributed by atoms with E-state index in [9.17, 15) is 0 Å². The van der Waals surface area contributed by atoms with Crippen LogP contribution in [-0.4, -0.2) is 17.5 Å². The molecule has 0 aliphatic heterocycles. The van der Waals surface area contributed by atoms with Crippen molar-refractivity contribution in [3.63, 3.8) is 0 Å². The van der Waals surface area contributed by atoms with Crippen LogP contribution in [0.4, 0.5) is 0 Å². The maximum absolute atomic E-state index is 6.26. The summed E-state index contributed by atoms with van der Waals surface area (Å²) in [6.07, 6.45) is 12.3. The van der Waals surface area contributed by atoms with E-state index in [1.54, 1.807) is 0 Å². The van der Waals surface area contributed by atoms with E-state index in [1.807, 2.05) is 0 Å². The first-order chi connectivity index (χ1) is 7.35. The summed E-state index contributed by atoms with van der Waals surface area (Å²) in [7, 11) is 0. The molecule has 2 aliphatic rings. The molecule has 2 saturated carbocycles. The molecule has 2 aliphatic carbocycles. The molecule has 0 saturated heterocycles. The van der Waals surface area contributed by atoms with Crippen molar-refractivity contribution in [3.05, 3.63) is 0 Å². The van der Waals surface area contributed by atoms with Crippen LogP contribution < -0.4 is 0 Å². The molecule has 0 aromatic heterocycles. The third kappa shape index (κ3) is 3.20. The van der Waals surface area contributed by atoms with Crippen LogP contribution in [0.5, 0.6) is 0 Å². The van der Waals surface area contributed by atoms with E-state index in [1.165, 1.54) is 57.8 Å². The molecule has 1 nitrogen and oxygen atoms in total. The minimum absolute atomic E-state index is 0.195. The Hall–Kier alpha value is 0.440. The molecule has 0 heterocycles. The van der Waals surface area contributed by atoms with Crippen LogP contribution in [0.3, 0.4) is 0 Å². The fraction of sp³-hybridized carbons (Fsp3) is 1.00. The van der Waals surface area contributed by atoms with Gasteiger partial charge in [0.15, 0.2) is 0 Å². The Kier molecular flexibility index (Phi) is 4.51. The summed E-state index contributed by atoms with van der Waals surface area (Å²) in [6, 6.07) is 0. The second-order valence-corrected chi connectivity index (χ2v) is 5.90. The van der Waals surface area contributed by atoms with Gasteiger partial charge in [-0.2, -0.15) is 0 Å². The molecule has 88 valence electrons. The van der Waals surface area contributed by atoms with E-state index < -0.39 is 0 Å². The van der Waals surface area contributed by atoms with Gasteiger partial charge in [-0.25, -0.2) is 0 Å². The van der Waals surface area contributed by atoms with Crippen LogP contribution >= 0.6 is 15.9 Å². The molecular weight excluding hydrogens is 252 g/mol. The normalized spacial score (nSPS) is 27.0. The molecule has 15 heavy (non-hydrogen) atoms. The Morgan fingerprint density at radius 1 is 1.00 bits per heavy atom. The number of halogens is 1. The van der Waals surface area contributed by atoms with Gasteiger partial charge in [0.25, 0.3) is 0 Å². The molecule has 0 aromatic rings. The Bertz CT molecular complexity index is 181. The lowest BCUT2D eigenvalue weighted by molar-refractivity contribution is -0.0651. The molecule has 0 spiro atoms. The molecule has 2 heteroatoms. The summed E-state index contributed by atoms with van der Waals surface area (Å²) in [5, 5.41) is 1.03. The number of hydrogen-bond acceptors (Lipinski definition) is 1. The van der Waals surface area contributed by atoms with E-state index in [0.29, 0.717) is 0 Å². The summed E-state index contributed by atoms with van der Waals surface area (Å²) < 4.78 is 6.26. The van der Waals surface area contributed by atoms with Gasteiger partial charge in [0.05, 0.1) is 12.2 Å². The number of ether oxygens (including phenoxy) is 1. The highest BCUT2D eigenvalue weighted by Crippen LogP contribution is 2.35. The van der Waals surface area contributed by atoms with Gasteiger partial charge >= 0.3 is 0 Å². The quantitative estimate of drug-likeness (QED) is 0.695. The Morgan fingerprint density at radius 2 is 1.67 bits per heavy atom. The van der Waals surface area contributed by atoms with Crippen molar-refractivity contribution < 1.29 is 4.74 Å². The SMILES string of the molecule is BrCC1(OCC2CCCC2)CCCCC1. The summed E-state index contributed by atoms with van der Waals surface area (Å²) in [5.74, 6) is 0.864. The highest BCUT2D eigenvalue weighted by Gasteiger charge is 2.32. The summed E-state index contributed by atoms with van der Waals surface area (Å²) >= 11 is 3.65. The minimum Gasteiger partial charge on any atom is -0.374 e. The first kappa shape index (κ1) is 11.9. The van der Waals surface area contributed by atoms with Gasteiger partial charge in [-0.1, -0.05) is 48.0 Å². The molecule has 0 unspecified atom stereocenters. The van der Waals surface area contributed by atoms with E-state index in [-0.39, 0.29) is 5.60 Å². The van der Waals surface area contributed by atoms with E-state index in [2.05, 4.69) is 15.9 Å². The Labute approximate surface area is 102 Å². The topological polar surface area (TPSA) is 9.23 Å². The standard InChI is InChI=1S/C13H23BrO/c14-11-13(8-4-1-5-9-13)15-10-12-6-2-3-7-12/h12H,1-11H2. The number of hydrogen-bond donors (Lipinski definition) is 0. The van der Waals surface area contributed by atoms with Gasteiger partial charge in [0, 0.05) is 5.33 Å². The lowest BCUT2D eigenvalue weighted by Gasteiger charge is -2.36. The maximum Gasteiger partial charge on any atom is 0.0779 e. The average Bonchev–Trinajstić information content (AvgIpc) is 2.81. The van der Waals surface area contributed by atoms with Gasteiger partial charge in [0.1, 0.15) is 0 Å². The van der Waals surface area contributed by atoms with E-state index in [4.69, 9.17) is 4.74 Å². The van der Waals surface area contributed by atoms with Gasteiger partial charge in [-0.3, -0.25) is 0 Å². The van der Waals surface area contributed by atoms with Crippen LogP contribution in [0.15, 0.2) is 0 Å². The number of alkyl halides is 1. The lowest BCUT2D eigenvalue weighted by Crippen LogP contribution is -2.38. The molecule has 0 atom stereocenters. The molecule has 0 aromatic carbocycles. The monoisotopic (exact) mass is 274 g/mol. The van der Waals surface area contributed by atoms with Crippen LogP contribution in [0, 0.1) is 5.92 Å². The van der Waals surface area contributed by atoms with Crippen LogP contribution in [-0.2, 0) is 4.74 Å². The zero-order valence-electron chi connectivity index (χ0n) is 9.64. The van der Waals surface area contributed by atoms with Crippen molar-refractivity contribution in [2.24, 2.45) is 5.92 Å². The molecule has 2 fully saturated rings. The highest BCUT2D eigenvalue weighted by molar-refractivity contribution is 9.09. The maximum atomic E-state index is 6.26. The molecule has 0 radical (unpaired) electrons. The van der Waals surface area contributed by atoms with Crippen LogP contribution in [0.2, 0.25) is 0 Å². The zero-order valence-corrected chi connectivity index (χ0v) is 11.2. The minimum atomic E-state index is 0.195. The van der Waals surface area contributed by atoms with Crippen LogP contribution in [0.25, 0.3) is 0 Å². The van der Waals surface area contributed by atoms with E-state index >= 15 is 0 Å². The Balaban J connectivity index is 1.78. The first-order valence-electron chi connectivity index (χ1n) is 6.55. The zero-order chi connectivity index (χ0) is 10.6. The molecule has 2 rings (SSSR count). The third-order valence-corrected chi connectivity index (χ3v) is 5.13. The average molecular weight is 275 g/mol. The van der Waals surface area contributed by atoms with Crippen molar-refractivity contribution in [1.29, 1.82) is 0 Å². The molecule has 0 bridgehead atoms. The van der Waals surface area contributed by atoms with Crippen molar-refractivity contribution in [2.45, 2.75) is 63.4 Å². The van der Waals surface area contributed by atoms with Gasteiger partial charge in [-0.05, 0) is 31.6 Å². The van der Waals surface area contributed by atoms with E-state index in [0.717, 1.165) is 17.9 Å². The fourth-order valence-electron chi connectivity index (χ4n) is 2.98.